The van der Waals surface area contributed by atoms with Gasteiger partial charge in [-0.1, -0.05) is 13.8 Å². The minimum Gasteiger partial charge on any atom is -0.297 e. The van der Waals surface area contributed by atoms with Gasteiger partial charge in [-0.15, -0.1) is 0 Å². The van der Waals surface area contributed by atoms with Gasteiger partial charge in [0.2, 0.25) is 0 Å². The van der Waals surface area contributed by atoms with Crippen molar-refractivity contribution in [3.05, 3.63) is 0 Å². The molecule has 0 N–H and O–H groups in total. The molecule has 2 fully saturated rings. The van der Waals surface area contributed by atoms with Gasteiger partial charge in [-0.25, -0.2) is 0 Å². The maximum atomic E-state index is 2.75. The van der Waals surface area contributed by atoms with Crippen LogP contribution < -0.4 is 0 Å². The van der Waals surface area contributed by atoms with E-state index in [2.05, 4.69) is 18.7 Å². The van der Waals surface area contributed by atoms with Crippen molar-refractivity contribution >= 4 is 0 Å². The Morgan fingerprint density at radius 1 is 1.18 bits per heavy atom. The first kappa shape index (κ1) is 7.60. The average Bonchev–Trinajstić information content (AvgIpc) is 2.41. The Hall–Kier alpha value is -0.0400. The summed E-state index contributed by atoms with van der Waals surface area (Å²) in [5.41, 5.74) is 0. The first-order chi connectivity index (χ1) is 5.29. The molecule has 11 heavy (non-hydrogen) atoms. The summed E-state index contributed by atoms with van der Waals surface area (Å²) in [6.07, 6.45) is 5.86. The molecule has 0 aromatic carbocycles. The van der Waals surface area contributed by atoms with Gasteiger partial charge in [0.1, 0.15) is 0 Å². The first-order valence-electron chi connectivity index (χ1n) is 5.05. The molecule has 0 aromatic rings. The van der Waals surface area contributed by atoms with Crippen molar-refractivity contribution in [2.75, 3.05) is 6.54 Å². The van der Waals surface area contributed by atoms with Crippen LogP contribution in [0.1, 0.15) is 39.5 Å². The monoisotopic (exact) mass is 153 g/mol. The summed E-state index contributed by atoms with van der Waals surface area (Å²) in [4.78, 5) is 2.75. The van der Waals surface area contributed by atoms with E-state index in [0.29, 0.717) is 0 Å². The topological polar surface area (TPSA) is 3.24 Å². The van der Waals surface area contributed by atoms with Crippen molar-refractivity contribution in [3.63, 3.8) is 0 Å². The molecule has 0 saturated carbocycles. The first-order valence-corrected chi connectivity index (χ1v) is 5.05. The smallest absolute Gasteiger partial charge is 0.0122 e. The number of nitrogens with zero attached hydrogens (tertiary/aromatic N) is 1. The van der Waals surface area contributed by atoms with Crippen LogP contribution >= 0.6 is 0 Å². The van der Waals surface area contributed by atoms with E-state index in [4.69, 9.17) is 0 Å². The quantitative estimate of drug-likeness (QED) is 0.558. The highest BCUT2D eigenvalue weighted by molar-refractivity contribution is 4.92. The lowest BCUT2D eigenvalue weighted by molar-refractivity contribution is 0.201. The lowest BCUT2D eigenvalue weighted by Gasteiger charge is -2.26. The minimum atomic E-state index is 0.873. The number of rotatable bonds is 1. The Morgan fingerprint density at radius 2 is 2.00 bits per heavy atom. The summed E-state index contributed by atoms with van der Waals surface area (Å²) < 4.78 is 0. The molecule has 0 aliphatic carbocycles. The van der Waals surface area contributed by atoms with E-state index in [1.165, 1.54) is 32.2 Å². The Labute approximate surface area is 69.8 Å². The van der Waals surface area contributed by atoms with Crippen LogP contribution in [-0.2, 0) is 0 Å². The molecule has 0 aromatic heterocycles. The largest absolute Gasteiger partial charge is 0.297 e. The van der Waals surface area contributed by atoms with Gasteiger partial charge in [0, 0.05) is 12.1 Å². The predicted octanol–water partition coefficient (Wildman–Crippen LogP) is 2.27. The number of hydrogen-bond acceptors (Lipinski definition) is 1. The second kappa shape index (κ2) is 2.78. The van der Waals surface area contributed by atoms with E-state index in [9.17, 15) is 0 Å². The third-order valence-electron chi connectivity index (χ3n) is 3.41. The van der Waals surface area contributed by atoms with Crippen LogP contribution in [0.25, 0.3) is 0 Å². The summed E-state index contributed by atoms with van der Waals surface area (Å²) in [7, 11) is 0. The molecule has 0 amide bonds. The van der Waals surface area contributed by atoms with E-state index in [1.54, 1.807) is 0 Å². The van der Waals surface area contributed by atoms with Crippen LogP contribution in [0.4, 0.5) is 0 Å². The van der Waals surface area contributed by atoms with Gasteiger partial charge in [0.15, 0.2) is 0 Å². The predicted molar refractivity (Wildman–Crippen MR) is 47.6 cm³/mol. The summed E-state index contributed by atoms with van der Waals surface area (Å²) in [5.74, 6) is 0.873. The summed E-state index contributed by atoms with van der Waals surface area (Å²) in [6, 6.07) is 1.89. The van der Waals surface area contributed by atoms with Crippen molar-refractivity contribution in [2.24, 2.45) is 5.92 Å². The molecule has 2 saturated heterocycles. The standard InChI is InChI=1S/C10H19N/c1-8(2)10-6-5-9-4-3-7-11(9)10/h8-10H,3-7H2,1-2H3/t9-,10?/m1/s1. The van der Waals surface area contributed by atoms with Crippen molar-refractivity contribution in [1.29, 1.82) is 0 Å². The van der Waals surface area contributed by atoms with Crippen LogP contribution in [-0.4, -0.2) is 23.5 Å². The molecule has 0 spiro atoms. The Bertz CT molecular complexity index is 142. The van der Waals surface area contributed by atoms with Crippen molar-refractivity contribution in [3.8, 4) is 0 Å². The molecular formula is C10H19N. The van der Waals surface area contributed by atoms with E-state index in [1.807, 2.05) is 0 Å². The molecule has 64 valence electrons. The zero-order valence-corrected chi connectivity index (χ0v) is 7.71. The summed E-state index contributed by atoms with van der Waals surface area (Å²) in [6.45, 7) is 6.12. The zero-order valence-electron chi connectivity index (χ0n) is 7.71. The molecule has 2 aliphatic rings. The summed E-state index contributed by atoms with van der Waals surface area (Å²) in [5, 5.41) is 0. The highest BCUT2D eigenvalue weighted by Crippen LogP contribution is 2.35. The maximum absolute atomic E-state index is 2.75. The third-order valence-corrected chi connectivity index (χ3v) is 3.41. The van der Waals surface area contributed by atoms with Crippen molar-refractivity contribution in [1.82, 2.24) is 4.90 Å². The minimum absolute atomic E-state index is 0.873. The Morgan fingerprint density at radius 3 is 2.73 bits per heavy atom. The van der Waals surface area contributed by atoms with Gasteiger partial charge in [0.05, 0.1) is 0 Å². The molecule has 0 bridgehead atoms. The lowest BCUT2D eigenvalue weighted by atomic mass is 10.0. The van der Waals surface area contributed by atoms with Gasteiger partial charge < -0.3 is 0 Å². The average molecular weight is 153 g/mol. The van der Waals surface area contributed by atoms with Gasteiger partial charge in [-0.05, 0) is 38.1 Å². The zero-order chi connectivity index (χ0) is 7.84. The highest BCUT2D eigenvalue weighted by Gasteiger charge is 2.37. The highest BCUT2D eigenvalue weighted by atomic mass is 15.2. The third kappa shape index (κ3) is 1.20. The fourth-order valence-corrected chi connectivity index (χ4v) is 2.85. The fourth-order valence-electron chi connectivity index (χ4n) is 2.85. The second-order valence-corrected chi connectivity index (χ2v) is 4.42. The van der Waals surface area contributed by atoms with E-state index in [0.717, 1.165) is 18.0 Å². The van der Waals surface area contributed by atoms with Crippen LogP contribution in [0.3, 0.4) is 0 Å². The van der Waals surface area contributed by atoms with Crippen molar-refractivity contribution < 1.29 is 0 Å². The molecule has 1 nitrogen and oxygen atoms in total. The van der Waals surface area contributed by atoms with Crippen LogP contribution in [0.2, 0.25) is 0 Å². The molecule has 2 heterocycles. The SMILES string of the molecule is CC(C)C1CC[C@H]2CCCN12. The normalized spacial score (nSPS) is 38.5. The van der Waals surface area contributed by atoms with Gasteiger partial charge in [-0.3, -0.25) is 4.90 Å². The molecule has 2 rings (SSSR count). The second-order valence-electron chi connectivity index (χ2n) is 4.42. The van der Waals surface area contributed by atoms with Crippen LogP contribution in [0, 0.1) is 5.92 Å². The van der Waals surface area contributed by atoms with Gasteiger partial charge in [0.25, 0.3) is 0 Å². The molecule has 1 heteroatoms. The van der Waals surface area contributed by atoms with Crippen molar-refractivity contribution in [2.45, 2.75) is 51.6 Å². The maximum Gasteiger partial charge on any atom is 0.0122 e. The molecule has 0 radical (unpaired) electrons. The van der Waals surface area contributed by atoms with Gasteiger partial charge >= 0.3 is 0 Å². The number of hydrogen-bond donors (Lipinski definition) is 0. The molecule has 1 unspecified atom stereocenters. The van der Waals surface area contributed by atoms with Crippen LogP contribution in [0.5, 0.6) is 0 Å². The van der Waals surface area contributed by atoms with Gasteiger partial charge in [-0.2, -0.15) is 0 Å². The molecule has 2 atom stereocenters. The van der Waals surface area contributed by atoms with E-state index < -0.39 is 0 Å². The van der Waals surface area contributed by atoms with E-state index >= 15 is 0 Å². The molecule has 2 aliphatic heterocycles. The fraction of sp³-hybridized carbons (Fsp3) is 1.00. The summed E-state index contributed by atoms with van der Waals surface area (Å²) >= 11 is 0. The Kier molecular flexibility index (Phi) is 1.92. The van der Waals surface area contributed by atoms with Crippen LogP contribution in [0.15, 0.2) is 0 Å². The Balaban J connectivity index is 2.03. The number of fused-ring (bicyclic) bond motifs is 1. The van der Waals surface area contributed by atoms with E-state index in [-0.39, 0.29) is 0 Å². The lowest BCUT2D eigenvalue weighted by Crippen LogP contribution is -2.34. The molecular weight excluding hydrogens is 134 g/mol.